The fourth-order valence-corrected chi connectivity index (χ4v) is 3.41. The maximum atomic E-state index is 13.1. The Labute approximate surface area is 140 Å². The van der Waals surface area contributed by atoms with E-state index < -0.39 is 5.41 Å². The first-order valence-corrected chi connectivity index (χ1v) is 8.41. The number of ketones is 1. The van der Waals surface area contributed by atoms with Crippen LogP contribution in [0.15, 0.2) is 41.2 Å². The van der Waals surface area contributed by atoms with Crippen molar-refractivity contribution in [2.45, 2.75) is 45.7 Å². The second-order valence-electron chi connectivity index (χ2n) is 7.59. The van der Waals surface area contributed by atoms with Crippen LogP contribution in [0, 0.1) is 5.41 Å². The van der Waals surface area contributed by atoms with E-state index in [-0.39, 0.29) is 23.2 Å². The van der Waals surface area contributed by atoms with E-state index in [0.717, 1.165) is 12.8 Å². The Morgan fingerprint density at radius 1 is 1.25 bits per heavy atom. The van der Waals surface area contributed by atoms with Gasteiger partial charge in [-0.3, -0.25) is 14.6 Å². The van der Waals surface area contributed by atoms with Gasteiger partial charge >= 0.3 is 0 Å². The lowest BCUT2D eigenvalue weighted by Gasteiger charge is -2.21. The molecule has 5 heteroatoms. The Balaban J connectivity index is 1.96. The maximum Gasteiger partial charge on any atom is 0.280 e. The van der Waals surface area contributed by atoms with Crippen molar-refractivity contribution >= 4 is 16.7 Å². The molecule has 1 aliphatic heterocycles. The third-order valence-electron chi connectivity index (χ3n) is 4.78. The SMILES string of the molecule is CC(C)(C)C(=O)c1nc2ccccc2c(=O)n1N1[C@@H]2CCC=C[C@@H]21. The van der Waals surface area contributed by atoms with E-state index >= 15 is 0 Å². The van der Waals surface area contributed by atoms with Gasteiger partial charge in [0.25, 0.3) is 5.56 Å². The number of hydrogen-bond acceptors (Lipinski definition) is 4. The highest BCUT2D eigenvalue weighted by atomic mass is 16.2. The number of fused-ring (bicyclic) bond motifs is 2. The Morgan fingerprint density at radius 2 is 2.00 bits per heavy atom. The van der Waals surface area contributed by atoms with Crippen LogP contribution in [0.4, 0.5) is 0 Å². The number of aromatic nitrogens is 2. The smallest absolute Gasteiger partial charge is 0.280 e. The number of benzene rings is 1. The van der Waals surface area contributed by atoms with Gasteiger partial charge in [0.2, 0.25) is 5.78 Å². The zero-order valence-electron chi connectivity index (χ0n) is 14.2. The van der Waals surface area contributed by atoms with Crippen LogP contribution in [-0.2, 0) is 0 Å². The molecule has 1 aromatic carbocycles. The zero-order valence-corrected chi connectivity index (χ0v) is 14.2. The highest BCUT2D eigenvalue weighted by molar-refractivity contribution is 5.98. The lowest BCUT2D eigenvalue weighted by Crippen LogP contribution is -2.39. The Bertz CT molecular complexity index is 920. The predicted molar refractivity (Wildman–Crippen MR) is 94.0 cm³/mol. The first-order valence-electron chi connectivity index (χ1n) is 8.41. The molecule has 1 fully saturated rings. The summed E-state index contributed by atoms with van der Waals surface area (Å²) in [6, 6.07) is 7.72. The minimum atomic E-state index is -0.597. The molecule has 0 saturated carbocycles. The number of carbonyl (C=O) groups excluding carboxylic acids is 1. The normalized spacial score (nSPS) is 22.5. The molecule has 0 radical (unpaired) electrons. The van der Waals surface area contributed by atoms with E-state index in [9.17, 15) is 9.59 Å². The van der Waals surface area contributed by atoms with Gasteiger partial charge in [0.05, 0.1) is 23.0 Å². The molecule has 1 aliphatic carbocycles. The average Bonchev–Trinajstić information content (AvgIpc) is 3.27. The molecule has 2 atom stereocenters. The Hall–Kier alpha value is -2.43. The quantitative estimate of drug-likeness (QED) is 0.484. The molecular formula is C19H21N3O2. The molecule has 0 unspecified atom stereocenters. The molecule has 1 saturated heterocycles. The van der Waals surface area contributed by atoms with E-state index in [2.05, 4.69) is 17.1 Å². The van der Waals surface area contributed by atoms with Crippen LogP contribution in [0.5, 0.6) is 0 Å². The topological polar surface area (TPSA) is 55.0 Å². The minimum absolute atomic E-state index is 0.113. The van der Waals surface area contributed by atoms with Crippen LogP contribution < -0.4 is 10.6 Å². The van der Waals surface area contributed by atoms with Crippen molar-refractivity contribution in [1.82, 2.24) is 9.66 Å². The van der Waals surface area contributed by atoms with Crippen molar-refractivity contribution < 1.29 is 4.79 Å². The van der Waals surface area contributed by atoms with E-state index in [4.69, 9.17) is 0 Å². The number of hydrogen-bond donors (Lipinski definition) is 0. The molecule has 2 aliphatic rings. The lowest BCUT2D eigenvalue weighted by atomic mass is 9.90. The van der Waals surface area contributed by atoms with Gasteiger partial charge in [-0.05, 0) is 25.0 Å². The molecule has 0 N–H and O–H groups in total. The molecule has 0 amide bonds. The highest BCUT2D eigenvalue weighted by Crippen LogP contribution is 2.35. The van der Waals surface area contributed by atoms with E-state index in [1.807, 2.05) is 37.9 Å². The van der Waals surface area contributed by atoms with Crippen LogP contribution in [-0.4, -0.2) is 27.5 Å². The molecular weight excluding hydrogens is 302 g/mol. The molecule has 5 nitrogen and oxygen atoms in total. The summed E-state index contributed by atoms with van der Waals surface area (Å²) in [5, 5.41) is 2.56. The third-order valence-corrected chi connectivity index (χ3v) is 4.78. The summed E-state index contributed by atoms with van der Waals surface area (Å²) in [5.41, 5.74) is -0.177. The molecule has 124 valence electrons. The second kappa shape index (κ2) is 5.03. The fourth-order valence-electron chi connectivity index (χ4n) is 3.41. The number of para-hydroxylation sites is 1. The minimum Gasteiger partial charge on any atom is -0.293 e. The fraction of sp³-hybridized carbons (Fsp3) is 0.421. The standard InChI is InChI=1S/C19H21N3O2/c1-19(2,3)16(23)17-20-13-9-5-4-8-12(13)18(24)22(17)21-14-10-6-7-11-15(14)21/h4-6,8-10,14-15H,7,11H2,1-3H3/t14-,15+,21?/m0/s1. The molecule has 2 heterocycles. The van der Waals surface area contributed by atoms with Crippen LogP contribution in [0.2, 0.25) is 0 Å². The zero-order chi connectivity index (χ0) is 17.1. The van der Waals surface area contributed by atoms with E-state index in [1.165, 1.54) is 4.68 Å². The number of Topliss-reactive ketones (excluding diaryl/α,β-unsaturated/α-hetero) is 1. The Morgan fingerprint density at radius 3 is 2.67 bits per heavy atom. The summed E-state index contributed by atoms with van der Waals surface area (Å²) in [7, 11) is 0. The van der Waals surface area contributed by atoms with E-state index in [1.54, 1.807) is 12.1 Å². The van der Waals surface area contributed by atoms with Crippen molar-refractivity contribution in [2.75, 3.05) is 5.01 Å². The number of nitrogens with zero attached hydrogens (tertiary/aromatic N) is 3. The van der Waals surface area contributed by atoms with Crippen molar-refractivity contribution in [3.05, 3.63) is 52.6 Å². The maximum absolute atomic E-state index is 13.1. The van der Waals surface area contributed by atoms with Gasteiger partial charge in [-0.25, -0.2) is 4.98 Å². The van der Waals surface area contributed by atoms with Crippen LogP contribution >= 0.6 is 0 Å². The van der Waals surface area contributed by atoms with Crippen molar-refractivity contribution in [1.29, 1.82) is 0 Å². The molecule has 0 spiro atoms. The summed E-state index contributed by atoms with van der Waals surface area (Å²) in [5.74, 6) is 0.131. The highest BCUT2D eigenvalue weighted by Gasteiger charge is 2.49. The van der Waals surface area contributed by atoms with Crippen molar-refractivity contribution in [3.63, 3.8) is 0 Å². The summed E-state index contributed by atoms with van der Waals surface area (Å²) in [4.78, 5) is 30.6. The van der Waals surface area contributed by atoms with Gasteiger partial charge in [-0.15, -0.1) is 0 Å². The van der Waals surface area contributed by atoms with Gasteiger partial charge < -0.3 is 0 Å². The number of carbonyl (C=O) groups is 1. The summed E-state index contributed by atoms with van der Waals surface area (Å²) < 4.78 is 1.53. The Kier molecular flexibility index (Phi) is 3.17. The lowest BCUT2D eigenvalue weighted by molar-refractivity contribution is 0.0841. The molecule has 1 aromatic heterocycles. The largest absolute Gasteiger partial charge is 0.293 e. The van der Waals surface area contributed by atoms with Gasteiger partial charge in [0.1, 0.15) is 0 Å². The third kappa shape index (κ3) is 2.19. The van der Waals surface area contributed by atoms with Crippen LogP contribution in [0.25, 0.3) is 10.9 Å². The first-order chi connectivity index (χ1) is 11.4. The van der Waals surface area contributed by atoms with Crippen molar-refractivity contribution in [3.8, 4) is 0 Å². The average molecular weight is 323 g/mol. The summed E-state index contributed by atoms with van der Waals surface area (Å²) >= 11 is 0. The predicted octanol–water partition coefficient (Wildman–Crippen LogP) is 2.66. The molecule has 0 bridgehead atoms. The first kappa shape index (κ1) is 15.1. The van der Waals surface area contributed by atoms with Gasteiger partial charge in [0.15, 0.2) is 5.82 Å². The summed E-state index contributed by atoms with van der Waals surface area (Å²) in [6.07, 6.45) is 6.28. The van der Waals surface area contributed by atoms with Crippen LogP contribution in [0.3, 0.4) is 0 Å². The summed E-state index contributed by atoms with van der Waals surface area (Å²) in [6.45, 7) is 5.57. The second-order valence-corrected chi connectivity index (χ2v) is 7.59. The van der Waals surface area contributed by atoms with Gasteiger partial charge in [-0.2, -0.15) is 4.68 Å². The van der Waals surface area contributed by atoms with Crippen molar-refractivity contribution in [2.24, 2.45) is 5.41 Å². The molecule has 4 rings (SSSR count). The van der Waals surface area contributed by atoms with Gasteiger partial charge in [-0.1, -0.05) is 45.1 Å². The number of rotatable bonds is 2. The monoisotopic (exact) mass is 323 g/mol. The number of allylic oxidation sites excluding steroid dienone is 1. The molecule has 24 heavy (non-hydrogen) atoms. The van der Waals surface area contributed by atoms with E-state index in [0.29, 0.717) is 16.9 Å². The van der Waals surface area contributed by atoms with Gasteiger partial charge in [0, 0.05) is 5.41 Å². The molecule has 2 aromatic rings. The van der Waals surface area contributed by atoms with Crippen LogP contribution in [0.1, 0.15) is 44.2 Å².